The molecular formula is C23H26N2O4. The summed E-state index contributed by atoms with van der Waals surface area (Å²) in [5.41, 5.74) is 3.62. The first kappa shape index (κ1) is 19.3. The maximum Gasteiger partial charge on any atom is 0.410 e. The van der Waals surface area contributed by atoms with Gasteiger partial charge in [0.25, 0.3) is 0 Å². The molecule has 6 heteroatoms. The number of hydrogen-bond donors (Lipinski definition) is 1. The van der Waals surface area contributed by atoms with E-state index in [1.807, 2.05) is 31.2 Å². The molecule has 152 valence electrons. The van der Waals surface area contributed by atoms with Crippen molar-refractivity contribution < 1.29 is 19.4 Å². The van der Waals surface area contributed by atoms with E-state index in [9.17, 15) is 9.59 Å². The van der Waals surface area contributed by atoms with Crippen LogP contribution in [0, 0.1) is 0 Å². The summed E-state index contributed by atoms with van der Waals surface area (Å²) in [5, 5.41) is 9.03. The summed E-state index contributed by atoms with van der Waals surface area (Å²) in [4.78, 5) is 27.5. The first-order valence-corrected chi connectivity index (χ1v) is 10.1. The fourth-order valence-electron chi connectivity index (χ4n) is 3.81. The summed E-state index contributed by atoms with van der Waals surface area (Å²) >= 11 is 0. The fourth-order valence-corrected chi connectivity index (χ4v) is 3.81. The normalized spacial score (nSPS) is 19.1. The van der Waals surface area contributed by atoms with Gasteiger partial charge in [0.1, 0.15) is 6.61 Å². The van der Waals surface area contributed by atoms with Gasteiger partial charge in [-0.1, -0.05) is 24.3 Å². The Kier molecular flexibility index (Phi) is 5.43. The smallest absolute Gasteiger partial charge is 0.410 e. The van der Waals surface area contributed by atoms with Crippen LogP contribution in [0.1, 0.15) is 47.2 Å². The Bertz CT molecular complexity index is 875. The zero-order valence-corrected chi connectivity index (χ0v) is 16.6. The van der Waals surface area contributed by atoms with E-state index in [1.54, 1.807) is 17.0 Å². The van der Waals surface area contributed by atoms with E-state index in [4.69, 9.17) is 9.84 Å². The molecule has 1 heterocycles. The number of rotatable bonds is 5. The lowest BCUT2D eigenvalue weighted by Crippen LogP contribution is -2.54. The third-order valence-corrected chi connectivity index (χ3v) is 5.73. The van der Waals surface area contributed by atoms with Gasteiger partial charge in [0.2, 0.25) is 0 Å². The number of aromatic carboxylic acids is 1. The highest BCUT2D eigenvalue weighted by Gasteiger charge is 2.29. The van der Waals surface area contributed by atoms with E-state index in [0.29, 0.717) is 19.6 Å². The van der Waals surface area contributed by atoms with Crippen molar-refractivity contribution in [3.8, 4) is 0 Å². The van der Waals surface area contributed by atoms with Crippen molar-refractivity contribution in [2.24, 2.45) is 0 Å². The topological polar surface area (TPSA) is 70.1 Å². The molecule has 0 aromatic heterocycles. The molecule has 1 atom stereocenters. The number of benzene rings is 2. The van der Waals surface area contributed by atoms with E-state index >= 15 is 0 Å². The molecule has 29 heavy (non-hydrogen) atoms. The van der Waals surface area contributed by atoms with Crippen molar-refractivity contribution in [3.05, 3.63) is 65.2 Å². The molecule has 1 amide bonds. The Labute approximate surface area is 170 Å². The van der Waals surface area contributed by atoms with Gasteiger partial charge in [-0.05, 0) is 61.1 Å². The van der Waals surface area contributed by atoms with E-state index in [1.165, 1.54) is 18.4 Å². The Balaban J connectivity index is 1.29. The van der Waals surface area contributed by atoms with Crippen molar-refractivity contribution >= 4 is 17.7 Å². The number of hydrogen-bond acceptors (Lipinski definition) is 4. The molecule has 4 rings (SSSR count). The van der Waals surface area contributed by atoms with Crippen LogP contribution < -0.4 is 4.90 Å². The maximum absolute atomic E-state index is 12.5. The zero-order valence-electron chi connectivity index (χ0n) is 16.6. The van der Waals surface area contributed by atoms with Crippen LogP contribution in [0.4, 0.5) is 10.5 Å². The van der Waals surface area contributed by atoms with Gasteiger partial charge in [0, 0.05) is 31.4 Å². The van der Waals surface area contributed by atoms with Crippen LogP contribution in [-0.2, 0) is 11.3 Å². The van der Waals surface area contributed by atoms with Crippen LogP contribution in [0.2, 0.25) is 0 Å². The van der Waals surface area contributed by atoms with E-state index in [0.717, 1.165) is 17.2 Å². The van der Waals surface area contributed by atoms with Gasteiger partial charge in [-0.25, -0.2) is 9.59 Å². The third kappa shape index (κ3) is 4.53. The minimum Gasteiger partial charge on any atom is -0.478 e. The van der Waals surface area contributed by atoms with Gasteiger partial charge in [-0.15, -0.1) is 0 Å². The highest BCUT2D eigenvalue weighted by Crippen LogP contribution is 2.39. The second-order valence-corrected chi connectivity index (χ2v) is 7.91. The SMILES string of the molecule is C[C@@H]1CN(c2ccc(C(=O)O)cc2)CCN1C(=O)OCc1ccc(C2CC2)cc1. The quantitative estimate of drug-likeness (QED) is 0.826. The molecule has 1 saturated carbocycles. The summed E-state index contributed by atoms with van der Waals surface area (Å²) in [7, 11) is 0. The molecule has 2 aromatic carbocycles. The van der Waals surface area contributed by atoms with E-state index < -0.39 is 5.97 Å². The number of nitrogens with zero attached hydrogens (tertiary/aromatic N) is 2. The lowest BCUT2D eigenvalue weighted by molar-refractivity contribution is 0.0696. The highest BCUT2D eigenvalue weighted by molar-refractivity contribution is 5.88. The van der Waals surface area contributed by atoms with E-state index in [-0.39, 0.29) is 24.3 Å². The van der Waals surface area contributed by atoms with Gasteiger partial charge >= 0.3 is 12.1 Å². The molecule has 0 unspecified atom stereocenters. The van der Waals surface area contributed by atoms with Crippen molar-refractivity contribution in [1.29, 1.82) is 0 Å². The lowest BCUT2D eigenvalue weighted by atomic mass is 10.1. The lowest BCUT2D eigenvalue weighted by Gasteiger charge is -2.40. The molecule has 2 aliphatic rings. The molecular weight excluding hydrogens is 368 g/mol. The average Bonchev–Trinajstić information content (AvgIpc) is 3.58. The first-order valence-electron chi connectivity index (χ1n) is 10.1. The van der Waals surface area contributed by atoms with Crippen molar-refractivity contribution in [2.45, 2.75) is 38.3 Å². The number of carboxylic acid groups (broad SMARTS) is 1. The number of anilines is 1. The number of piperazine rings is 1. The van der Waals surface area contributed by atoms with Crippen LogP contribution in [0.15, 0.2) is 48.5 Å². The summed E-state index contributed by atoms with van der Waals surface area (Å²) in [6.45, 7) is 4.22. The Morgan fingerprint density at radius 1 is 1.03 bits per heavy atom. The van der Waals surface area contributed by atoms with Gasteiger partial charge in [-0.3, -0.25) is 0 Å². The molecule has 1 aliphatic heterocycles. The molecule has 6 nitrogen and oxygen atoms in total. The Morgan fingerprint density at radius 2 is 1.72 bits per heavy atom. The van der Waals surface area contributed by atoms with Gasteiger partial charge in [0.05, 0.1) is 5.56 Å². The van der Waals surface area contributed by atoms with Crippen LogP contribution in [0.5, 0.6) is 0 Å². The number of amides is 1. The number of carbonyl (C=O) groups excluding carboxylic acids is 1. The largest absolute Gasteiger partial charge is 0.478 e. The predicted octanol–water partition coefficient (Wildman–Crippen LogP) is 4.11. The van der Waals surface area contributed by atoms with Crippen molar-refractivity contribution in [1.82, 2.24) is 4.90 Å². The van der Waals surface area contributed by atoms with Gasteiger partial charge in [-0.2, -0.15) is 0 Å². The highest BCUT2D eigenvalue weighted by atomic mass is 16.6. The van der Waals surface area contributed by atoms with E-state index in [2.05, 4.69) is 17.0 Å². The summed E-state index contributed by atoms with van der Waals surface area (Å²) in [6, 6.07) is 15.2. The molecule has 1 saturated heterocycles. The monoisotopic (exact) mass is 394 g/mol. The Morgan fingerprint density at radius 3 is 2.31 bits per heavy atom. The first-order chi connectivity index (χ1) is 14.0. The van der Waals surface area contributed by atoms with Gasteiger partial charge in [0.15, 0.2) is 0 Å². The zero-order chi connectivity index (χ0) is 20.4. The standard InChI is InChI=1S/C23H26N2O4/c1-16-14-24(21-10-8-20(9-11-21)22(26)27)12-13-25(16)23(28)29-15-17-2-4-18(5-3-17)19-6-7-19/h2-5,8-11,16,19H,6-7,12-15H2,1H3,(H,26,27)/t16-/m1/s1. The fraction of sp³-hybridized carbons (Fsp3) is 0.391. The number of carboxylic acids is 1. The van der Waals surface area contributed by atoms with Crippen LogP contribution >= 0.6 is 0 Å². The number of ether oxygens (including phenoxy) is 1. The minimum atomic E-state index is -0.931. The van der Waals surface area contributed by atoms with Crippen LogP contribution in [0.25, 0.3) is 0 Å². The molecule has 1 aliphatic carbocycles. The average molecular weight is 394 g/mol. The molecule has 2 aromatic rings. The number of carbonyl (C=O) groups is 2. The summed E-state index contributed by atoms with van der Waals surface area (Å²) in [6.07, 6.45) is 2.27. The minimum absolute atomic E-state index is 0.00708. The summed E-state index contributed by atoms with van der Waals surface area (Å²) < 4.78 is 5.54. The maximum atomic E-state index is 12.5. The molecule has 2 fully saturated rings. The molecule has 0 spiro atoms. The Hall–Kier alpha value is -3.02. The molecule has 0 radical (unpaired) electrons. The molecule has 0 bridgehead atoms. The predicted molar refractivity (Wildman–Crippen MR) is 110 cm³/mol. The second kappa shape index (κ2) is 8.15. The summed E-state index contributed by atoms with van der Waals surface area (Å²) in [5.74, 6) is -0.205. The van der Waals surface area contributed by atoms with Gasteiger partial charge < -0.3 is 19.6 Å². The van der Waals surface area contributed by atoms with Crippen LogP contribution in [0.3, 0.4) is 0 Å². The van der Waals surface area contributed by atoms with Crippen molar-refractivity contribution in [3.63, 3.8) is 0 Å². The van der Waals surface area contributed by atoms with Crippen molar-refractivity contribution in [2.75, 3.05) is 24.5 Å². The second-order valence-electron chi connectivity index (χ2n) is 7.91. The molecule has 1 N–H and O–H groups in total. The van der Waals surface area contributed by atoms with Crippen LogP contribution in [-0.4, -0.2) is 47.7 Å². The third-order valence-electron chi connectivity index (χ3n) is 5.73.